The number of fused-ring (bicyclic) bond motifs is 1. The van der Waals surface area contributed by atoms with E-state index in [-0.39, 0.29) is 0 Å². The number of aryl methyl sites for hydroxylation is 1. The Balaban J connectivity index is 1.62. The molecule has 0 unspecified atom stereocenters. The summed E-state index contributed by atoms with van der Waals surface area (Å²) in [6, 6.07) is 0. The normalized spacial score (nSPS) is 16.9. The number of morpholine rings is 1. The molecule has 3 heterocycles. The molecule has 1 saturated heterocycles. The topological polar surface area (TPSA) is 50.3 Å². The minimum atomic E-state index is 0.849. The Hall–Kier alpha value is -1.24. The molecule has 3 rings (SSSR count). The van der Waals surface area contributed by atoms with Gasteiger partial charge in [-0.05, 0) is 17.9 Å². The highest BCUT2D eigenvalue weighted by atomic mass is 32.1. The highest BCUT2D eigenvalue weighted by Crippen LogP contribution is 2.28. The zero-order chi connectivity index (χ0) is 13.1. The molecule has 2 aromatic rings. The number of aromatic nitrogens is 2. The third-order valence-corrected chi connectivity index (χ3v) is 4.45. The predicted octanol–water partition coefficient (Wildman–Crippen LogP) is 1.74. The average molecular weight is 278 g/mol. The first-order valence-corrected chi connectivity index (χ1v) is 7.45. The lowest BCUT2D eigenvalue weighted by Crippen LogP contribution is -2.39. The molecule has 0 spiro atoms. The van der Waals surface area contributed by atoms with E-state index in [0.29, 0.717) is 0 Å². The standard InChI is InChI=1S/C13H18N4OS/c1-10-8-19-12-11(10)15-9-16-13(12)14-2-3-17-4-6-18-7-5-17/h8-9H,2-7H2,1H3,(H,14,15,16). The van der Waals surface area contributed by atoms with Crippen molar-refractivity contribution < 1.29 is 4.74 Å². The zero-order valence-electron chi connectivity index (χ0n) is 11.1. The van der Waals surface area contributed by atoms with E-state index in [0.717, 1.165) is 55.4 Å². The second-order valence-corrected chi connectivity index (χ2v) is 5.58. The quantitative estimate of drug-likeness (QED) is 0.923. The predicted molar refractivity (Wildman–Crippen MR) is 77.9 cm³/mol. The van der Waals surface area contributed by atoms with Crippen LogP contribution in [0.5, 0.6) is 0 Å². The minimum Gasteiger partial charge on any atom is -0.379 e. The Kier molecular flexibility index (Phi) is 3.91. The van der Waals surface area contributed by atoms with Gasteiger partial charge in [0.2, 0.25) is 0 Å². The number of hydrogen-bond acceptors (Lipinski definition) is 6. The summed E-state index contributed by atoms with van der Waals surface area (Å²) in [6.07, 6.45) is 1.64. The van der Waals surface area contributed by atoms with E-state index < -0.39 is 0 Å². The van der Waals surface area contributed by atoms with E-state index in [4.69, 9.17) is 4.74 Å². The maximum atomic E-state index is 5.34. The van der Waals surface area contributed by atoms with Crippen LogP contribution in [0.2, 0.25) is 0 Å². The summed E-state index contributed by atoms with van der Waals surface area (Å²) in [5, 5.41) is 5.56. The van der Waals surface area contributed by atoms with Gasteiger partial charge in [0.15, 0.2) is 0 Å². The van der Waals surface area contributed by atoms with Crippen molar-refractivity contribution in [2.24, 2.45) is 0 Å². The van der Waals surface area contributed by atoms with Crippen LogP contribution in [-0.4, -0.2) is 54.3 Å². The summed E-state index contributed by atoms with van der Waals surface area (Å²) >= 11 is 1.71. The second-order valence-electron chi connectivity index (χ2n) is 4.70. The Labute approximate surface area is 116 Å². The molecule has 19 heavy (non-hydrogen) atoms. The minimum absolute atomic E-state index is 0.849. The lowest BCUT2D eigenvalue weighted by molar-refractivity contribution is 0.0398. The Morgan fingerprint density at radius 2 is 2.21 bits per heavy atom. The first-order chi connectivity index (χ1) is 9.34. The molecule has 0 saturated carbocycles. The van der Waals surface area contributed by atoms with Crippen molar-refractivity contribution in [3.8, 4) is 0 Å². The fourth-order valence-corrected chi connectivity index (χ4v) is 3.22. The molecule has 0 atom stereocenters. The molecule has 0 radical (unpaired) electrons. The number of anilines is 1. The molecule has 6 heteroatoms. The van der Waals surface area contributed by atoms with Gasteiger partial charge in [-0.1, -0.05) is 0 Å². The summed E-state index contributed by atoms with van der Waals surface area (Å²) in [5.74, 6) is 0.955. The van der Waals surface area contributed by atoms with Crippen LogP contribution in [0.3, 0.4) is 0 Å². The van der Waals surface area contributed by atoms with Gasteiger partial charge in [0.05, 0.1) is 23.4 Å². The van der Waals surface area contributed by atoms with E-state index in [1.54, 1.807) is 17.7 Å². The number of nitrogens with one attached hydrogen (secondary N) is 1. The van der Waals surface area contributed by atoms with Crippen LogP contribution in [0.1, 0.15) is 5.56 Å². The van der Waals surface area contributed by atoms with Crippen molar-refractivity contribution >= 4 is 27.4 Å². The van der Waals surface area contributed by atoms with Crippen molar-refractivity contribution in [2.75, 3.05) is 44.7 Å². The van der Waals surface area contributed by atoms with Crippen molar-refractivity contribution in [3.63, 3.8) is 0 Å². The molecule has 0 aromatic carbocycles. The first-order valence-electron chi connectivity index (χ1n) is 6.57. The van der Waals surface area contributed by atoms with Crippen LogP contribution in [0.15, 0.2) is 11.7 Å². The van der Waals surface area contributed by atoms with Crippen LogP contribution >= 0.6 is 11.3 Å². The van der Waals surface area contributed by atoms with Gasteiger partial charge in [-0.15, -0.1) is 11.3 Å². The van der Waals surface area contributed by atoms with E-state index in [9.17, 15) is 0 Å². The van der Waals surface area contributed by atoms with E-state index in [2.05, 4.69) is 32.5 Å². The Bertz CT molecular complexity index is 551. The largest absolute Gasteiger partial charge is 0.379 e. The SMILES string of the molecule is Cc1csc2c(NCCN3CCOCC3)ncnc12. The van der Waals surface area contributed by atoms with Crippen LogP contribution in [-0.2, 0) is 4.74 Å². The summed E-state index contributed by atoms with van der Waals surface area (Å²) in [4.78, 5) is 11.1. The molecule has 1 aliphatic heterocycles. The monoisotopic (exact) mass is 278 g/mol. The molecule has 1 fully saturated rings. The second kappa shape index (κ2) is 5.81. The third-order valence-electron chi connectivity index (χ3n) is 3.36. The smallest absolute Gasteiger partial charge is 0.147 e. The number of thiophene rings is 1. The summed E-state index contributed by atoms with van der Waals surface area (Å²) in [5.41, 5.74) is 2.28. The fraction of sp³-hybridized carbons (Fsp3) is 0.538. The van der Waals surface area contributed by atoms with Gasteiger partial charge in [-0.2, -0.15) is 0 Å². The first kappa shape index (κ1) is 12.8. The van der Waals surface area contributed by atoms with Crippen LogP contribution < -0.4 is 5.32 Å². The van der Waals surface area contributed by atoms with E-state index >= 15 is 0 Å². The molecule has 102 valence electrons. The lowest BCUT2D eigenvalue weighted by atomic mass is 10.3. The maximum absolute atomic E-state index is 5.34. The van der Waals surface area contributed by atoms with Gasteiger partial charge in [0, 0.05) is 26.2 Å². The number of hydrogen-bond donors (Lipinski definition) is 1. The molecule has 2 aromatic heterocycles. The maximum Gasteiger partial charge on any atom is 0.147 e. The molecule has 1 aliphatic rings. The zero-order valence-corrected chi connectivity index (χ0v) is 11.9. The lowest BCUT2D eigenvalue weighted by Gasteiger charge is -2.26. The van der Waals surface area contributed by atoms with Crippen molar-refractivity contribution in [2.45, 2.75) is 6.92 Å². The summed E-state index contributed by atoms with van der Waals surface area (Å²) in [6.45, 7) is 7.77. The molecular weight excluding hydrogens is 260 g/mol. The summed E-state index contributed by atoms with van der Waals surface area (Å²) < 4.78 is 6.50. The highest BCUT2D eigenvalue weighted by Gasteiger charge is 2.11. The number of nitrogens with zero attached hydrogens (tertiary/aromatic N) is 3. The van der Waals surface area contributed by atoms with Crippen LogP contribution in [0.25, 0.3) is 10.2 Å². The molecule has 0 bridgehead atoms. The molecule has 1 N–H and O–H groups in total. The van der Waals surface area contributed by atoms with Crippen molar-refractivity contribution in [1.82, 2.24) is 14.9 Å². The molecule has 0 amide bonds. The van der Waals surface area contributed by atoms with E-state index in [1.165, 1.54) is 5.56 Å². The third kappa shape index (κ3) is 2.86. The van der Waals surface area contributed by atoms with Crippen molar-refractivity contribution in [3.05, 3.63) is 17.3 Å². The van der Waals surface area contributed by atoms with Gasteiger partial charge < -0.3 is 10.1 Å². The molecular formula is C13H18N4OS. The van der Waals surface area contributed by atoms with Crippen molar-refractivity contribution in [1.29, 1.82) is 0 Å². The van der Waals surface area contributed by atoms with Crippen LogP contribution in [0.4, 0.5) is 5.82 Å². The van der Waals surface area contributed by atoms with Gasteiger partial charge in [0.25, 0.3) is 0 Å². The average Bonchev–Trinajstić information content (AvgIpc) is 2.83. The van der Waals surface area contributed by atoms with E-state index in [1.807, 2.05) is 0 Å². The Morgan fingerprint density at radius 3 is 3.05 bits per heavy atom. The fourth-order valence-electron chi connectivity index (χ4n) is 2.25. The van der Waals surface area contributed by atoms with Crippen LogP contribution in [0, 0.1) is 6.92 Å². The van der Waals surface area contributed by atoms with Gasteiger partial charge in [0.1, 0.15) is 12.1 Å². The van der Waals surface area contributed by atoms with Gasteiger partial charge >= 0.3 is 0 Å². The van der Waals surface area contributed by atoms with Gasteiger partial charge in [-0.3, -0.25) is 4.90 Å². The van der Waals surface area contributed by atoms with Gasteiger partial charge in [-0.25, -0.2) is 9.97 Å². The number of rotatable bonds is 4. The summed E-state index contributed by atoms with van der Waals surface area (Å²) in [7, 11) is 0. The highest BCUT2D eigenvalue weighted by molar-refractivity contribution is 7.18. The molecule has 0 aliphatic carbocycles. The molecule has 5 nitrogen and oxygen atoms in total. The number of ether oxygens (including phenoxy) is 1. The Morgan fingerprint density at radius 1 is 1.37 bits per heavy atom.